The van der Waals surface area contributed by atoms with Crippen LogP contribution in [0.5, 0.6) is 0 Å². The van der Waals surface area contributed by atoms with Gasteiger partial charge < -0.3 is 10.6 Å². The second-order valence-electron chi connectivity index (χ2n) is 7.27. The van der Waals surface area contributed by atoms with Gasteiger partial charge in [-0.3, -0.25) is 4.99 Å². The van der Waals surface area contributed by atoms with Gasteiger partial charge in [0.25, 0.3) is 0 Å². The number of nitrogens with zero attached hydrogens (tertiary/aromatic N) is 4. The summed E-state index contributed by atoms with van der Waals surface area (Å²) in [5, 5.41) is 11.0. The summed E-state index contributed by atoms with van der Waals surface area (Å²) >= 11 is 0. The molecule has 150 valence electrons. The molecule has 0 amide bonds. The third kappa shape index (κ3) is 5.80. The molecule has 26 heavy (non-hydrogen) atoms. The first-order valence-electron chi connectivity index (χ1n) is 8.82. The van der Waals surface area contributed by atoms with Crippen molar-refractivity contribution in [3.8, 4) is 0 Å². The summed E-state index contributed by atoms with van der Waals surface area (Å²) in [6.07, 6.45) is 1.97. The van der Waals surface area contributed by atoms with Crippen molar-refractivity contribution >= 4 is 39.8 Å². The minimum Gasteiger partial charge on any atom is -0.357 e. The van der Waals surface area contributed by atoms with E-state index in [1.807, 2.05) is 18.5 Å². The Morgan fingerprint density at radius 2 is 2.08 bits per heavy atom. The fraction of sp³-hybridized carbons (Fsp3) is 0.812. The number of aromatic nitrogens is 3. The molecule has 0 aromatic carbocycles. The van der Waals surface area contributed by atoms with Crippen LogP contribution in [0.15, 0.2) is 4.99 Å². The Morgan fingerprint density at radius 3 is 2.69 bits per heavy atom. The standard InChI is InChI=1S/C16H30N6O2S.HI/c1-6-17-15(18-9-11-25(23,24)16(3,4)5)20-13-8-7-10-22-14(13)19-12(2)21-22;/h13H,6-11H2,1-5H3,(H2,17,18,20);1H. The molecule has 8 nitrogen and oxygen atoms in total. The van der Waals surface area contributed by atoms with Crippen molar-refractivity contribution < 1.29 is 8.42 Å². The Morgan fingerprint density at radius 1 is 1.38 bits per heavy atom. The van der Waals surface area contributed by atoms with Crippen LogP contribution in [-0.4, -0.2) is 52.7 Å². The molecule has 0 radical (unpaired) electrons. The lowest BCUT2D eigenvalue weighted by Crippen LogP contribution is -2.42. The summed E-state index contributed by atoms with van der Waals surface area (Å²) < 4.78 is 25.6. The van der Waals surface area contributed by atoms with Crippen molar-refractivity contribution in [2.24, 2.45) is 4.99 Å². The van der Waals surface area contributed by atoms with Crippen LogP contribution in [0.2, 0.25) is 0 Å². The van der Waals surface area contributed by atoms with E-state index in [-0.39, 0.29) is 42.3 Å². The SMILES string of the molecule is CCNC(=NCCS(=O)(=O)C(C)(C)C)NC1CCCn2nc(C)nc21.I. The Kier molecular flexibility index (Phi) is 8.31. The van der Waals surface area contributed by atoms with Gasteiger partial charge in [-0.25, -0.2) is 18.1 Å². The van der Waals surface area contributed by atoms with Crippen molar-refractivity contribution in [3.05, 3.63) is 11.6 Å². The Balaban J connectivity index is 0.00000338. The molecule has 0 saturated heterocycles. The zero-order valence-electron chi connectivity index (χ0n) is 16.2. The van der Waals surface area contributed by atoms with Crippen LogP contribution in [-0.2, 0) is 16.4 Å². The lowest BCUT2D eigenvalue weighted by molar-refractivity contribution is 0.398. The molecule has 1 aromatic rings. The Hall–Kier alpha value is -0.910. The van der Waals surface area contributed by atoms with Crippen LogP contribution >= 0.6 is 24.0 Å². The van der Waals surface area contributed by atoms with Crippen LogP contribution in [0.4, 0.5) is 0 Å². The number of rotatable bonds is 5. The smallest absolute Gasteiger partial charge is 0.191 e. The minimum atomic E-state index is -3.18. The average molecular weight is 498 g/mol. The van der Waals surface area contributed by atoms with Gasteiger partial charge >= 0.3 is 0 Å². The lowest BCUT2D eigenvalue weighted by atomic mass is 10.1. The highest BCUT2D eigenvalue weighted by molar-refractivity contribution is 14.0. The van der Waals surface area contributed by atoms with Gasteiger partial charge in [0, 0.05) is 13.1 Å². The molecule has 2 rings (SSSR count). The molecule has 1 aliphatic rings. The van der Waals surface area contributed by atoms with Gasteiger partial charge in [-0.1, -0.05) is 0 Å². The van der Waals surface area contributed by atoms with E-state index in [1.54, 1.807) is 20.8 Å². The number of hydrogen-bond donors (Lipinski definition) is 2. The summed E-state index contributed by atoms with van der Waals surface area (Å²) in [6, 6.07) is 0.0342. The van der Waals surface area contributed by atoms with Gasteiger partial charge in [0.05, 0.1) is 23.1 Å². The second-order valence-corrected chi connectivity index (χ2v) is 10.1. The molecule has 0 aliphatic carbocycles. The largest absolute Gasteiger partial charge is 0.357 e. The van der Waals surface area contributed by atoms with E-state index in [2.05, 4.69) is 25.7 Å². The molecule has 1 aromatic heterocycles. The number of sulfone groups is 1. The monoisotopic (exact) mass is 498 g/mol. The van der Waals surface area contributed by atoms with Crippen molar-refractivity contribution in [1.29, 1.82) is 0 Å². The van der Waals surface area contributed by atoms with E-state index < -0.39 is 14.6 Å². The van der Waals surface area contributed by atoms with Crippen LogP contribution < -0.4 is 10.6 Å². The molecule has 0 bridgehead atoms. The fourth-order valence-corrected chi connectivity index (χ4v) is 3.62. The van der Waals surface area contributed by atoms with E-state index in [0.29, 0.717) is 12.5 Å². The van der Waals surface area contributed by atoms with E-state index in [1.165, 1.54) is 0 Å². The number of hydrogen-bond acceptors (Lipinski definition) is 5. The van der Waals surface area contributed by atoms with Gasteiger partial charge in [-0.05, 0) is 47.5 Å². The first-order chi connectivity index (χ1) is 11.6. The molecule has 1 unspecified atom stereocenters. The van der Waals surface area contributed by atoms with E-state index in [4.69, 9.17) is 0 Å². The zero-order chi connectivity index (χ0) is 18.7. The molecular weight excluding hydrogens is 467 g/mol. The maximum atomic E-state index is 12.2. The molecule has 1 aliphatic heterocycles. The third-order valence-corrected chi connectivity index (χ3v) is 6.78. The molecule has 10 heteroatoms. The average Bonchev–Trinajstić information content (AvgIpc) is 2.87. The highest BCUT2D eigenvalue weighted by Crippen LogP contribution is 2.22. The van der Waals surface area contributed by atoms with Crippen LogP contribution in [0, 0.1) is 6.92 Å². The van der Waals surface area contributed by atoms with E-state index >= 15 is 0 Å². The summed E-state index contributed by atoms with van der Waals surface area (Å²) in [7, 11) is -3.18. The summed E-state index contributed by atoms with van der Waals surface area (Å²) in [6.45, 7) is 10.8. The second kappa shape index (κ2) is 9.34. The topological polar surface area (TPSA) is 101 Å². The van der Waals surface area contributed by atoms with Gasteiger partial charge in [0.15, 0.2) is 15.8 Å². The maximum Gasteiger partial charge on any atom is 0.191 e. The fourth-order valence-electron chi connectivity index (χ4n) is 2.67. The van der Waals surface area contributed by atoms with Crippen molar-refractivity contribution in [3.63, 3.8) is 0 Å². The molecule has 2 N–H and O–H groups in total. The minimum absolute atomic E-state index is 0. The number of nitrogens with one attached hydrogen (secondary N) is 2. The normalized spacial score (nSPS) is 18.0. The van der Waals surface area contributed by atoms with Gasteiger partial charge in [0.2, 0.25) is 0 Å². The summed E-state index contributed by atoms with van der Waals surface area (Å²) in [5.74, 6) is 2.33. The molecule has 1 atom stereocenters. The number of guanidine groups is 1. The van der Waals surface area contributed by atoms with Gasteiger partial charge in [-0.2, -0.15) is 5.10 Å². The number of halogens is 1. The Bertz CT molecular complexity index is 724. The first kappa shape index (κ1) is 23.1. The molecular formula is C16H31IN6O2S. The van der Waals surface area contributed by atoms with Crippen molar-refractivity contribution in [2.75, 3.05) is 18.8 Å². The maximum absolute atomic E-state index is 12.2. The lowest BCUT2D eigenvalue weighted by Gasteiger charge is -2.25. The predicted octanol–water partition coefficient (Wildman–Crippen LogP) is 1.81. The van der Waals surface area contributed by atoms with Gasteiger partial charge in [0.1, 0.15) is 11.6 Å². The highest BCUT2D eigenvalue weighted by atomic mass is 127. The number of fused-ring (bicyclic) bond motifs is 1. The third-order valence-electron chi connectivity index (χ3n) is 4.20. The summed E-state index contributed by atoms with van der Waals surface area (Å²) in [5.41, 5.74) is 0. The molecule has 0 saturated carbocycles. The molecule has 0 fully saturated rings. The first-order valence-corrected chi connectivity index (χ1v) is 10.5. The van der Waals surface area contributed by atoms with Crippen molar-refractivity contribution in [2.45, 2.75) is 64.8 Å². The molecule has 2 heterocycles. The zero-order valence-corrected chi connectivity index (χ0v) is 19.4. The number of aliphatic imine (C=N–C) groups is 1. The number of aryl methyl sites for hydroxylation is 2. The predicted molar refractivity (Wildman–Crippen MR) is 115 cm³/mol. The quantitative estimate of drug-likeness (QED) is 0.365. The van der Waals surface area contributed by atoms with Crippen LogP contribution in [0.25, 0.3) is 0 Å². The highest BCUT2D eigenvalue weighted by Gasteiger charge is 2.28. The van der Waals surface area contributed by atoms with Gasteiger partial charge in [-0.15, -0.1) is 24.0 Å². The van der Waals surface area contributed by atoms with Crippen molar-refractivity contribution in [1.82, 2.24) is 25.4 Å². The van der Waals surface area contributed by atoms with E-state index in [9.17, 15) is 8.42 Å². The van der Waals surface area contributed by atoms with E-state index in [0.717, 1.165) is 31.0 Å². The molecule has 0 spiro atoms. The van der Waals surface area contributed by atoms with Crippen LogP contribution in [0.1, 0.15) is 58.2 Å². The summed E-state index contributed by atoms with van der Waals surface area (Å²) in [4.78, 5) is 8.95. The Labute approximate surface area is 173 Å². The van der Waals surface area contributed by atoms with Crippen LogP contribution in [0.3, 0.4) is 0 Å².